The second-order valence-electron chi connectivity index (χ2n) is 18.0. The van der Waals surface area contributed by atoms with Gasteiger partial charge in [-0.15, -0.1) is 0 Å². The highest BCUT2D eigenvalue weighted by Gasteiger charge is 2.41. The number of rotatable bonds is 6. The van der Waals surface area contributed by atoms with Gasteiger partial charge in [0, 0.05) is 49.7 Å². The fourth-order valence-electron chi connectivity index (χ4n) is 10.8. The Morgan fingerprint density at radius 2 is 0.903 bits per heavy atom. The molecule has 2 heterocycles. The molecule has 8 aromatic carbocycles. The fraction of sp³-hybridized carbons (Fsp3) is 0.102. The van der Waals surface area contributed by atoms with Gasteiger partial charge in [0.15, 0.2) is 0 Å². The van der Waals surface area contributed by atoms with Gasteiger partial charge in [0.25, 0.3) is 0 Å². The van der Waals surface area contributed by atoms with Crippen LogP contribution < -0.4 is 4.90 Å². The molecule has 2 aliphatic rings. The summed E-state index contributed by atoms with van der Waals surface area (Å²) in [5.41, 5.74) is 21.4. The maximum Gasteiger partial charge on any atom is 0.101 e. The Balaban J connectivity index is 1.19. The van der Waals surface area contributed by atoms with Gasteiger partial charge in [-0.2, -0.15) is 5.10 Å². The molecule has 0 saturated carbocycles. The second kappa shape index (κ2) is 13.5. The summed E-state index contributed by atoms with van der Waals surface area (Å²) < 4.78 is 2.19. The Morgan fingerprint density at radius 3 is 1.47 bits per heavy atom. The molecule has 0 fully saturated rings. The average molecular weight is 796 g/mol. The standard InChI is InChI=1S/C59H45N3/c1-58(2)46-28-16-14-26-44(46)54-48(58)30-18-32-50(54)61(51-33-19-31-49-55(51)45-27-15-17-29-47(45)59(49,3)4)42-34-35-43-41(36-42)37-52(38-20-8-5-9-21-38)62-57(43)53(39-22-10-6-11-23-39)56(60-62)40-24-12-7-13-25-40/h5-37H,1-4H3. The number of pyridine rings is 1. The summed E-state index contributed by atoms with van der Waals surface area (Å²) in [6.07, 6.45) is 0. The van der Waals surface area contributed by atoms with Gasteiger partial charge in [-0.1, -0.05) is 198 Å². The summed E-state index contributed by atoms with van der Waals surface area (Å²) in [5, 5.41) is 7.79. The van der Waals surface area contributed by atoms with Gasteiger partial charge in [-0.05, 0) is 74.7 Å². The van der Waals surface area contributed by atoms with Gasteiger partial charge in [-0.25, -0.2) is 4.52 Å². The monoisotopic (exact) mass is 795 g/mol. The first-order valence-electron chi connectivity index (χ1n) is 21.7. The van der Waals surface area contributed by atoms with Crippen LogP contribution in [-0.4, -0.2) is 9.61 Å². The summed E-state index contributed by atoms with van der Waals surface area (Å²) in [4.78, 5) is 2.56. The van der Waals surface area contributed by atoms with Crippen molar-refractivity contribution in [2.75, 3.05) is 4.90 Å². The van der Waals surface area contributed by atoms with E-state index in [4.69, 9.17) is 5.10 Å². The van der Waals surface area contributed by atoms with E-state index in [1.807, 2.05) is 0 Å². The molecule has 2 aliphatic carbocycles. The van der Waals surface area contributed by atoms with Gasteiger partial charge >= 0.3 is 0 Å². The molecule has 0 aliphatic heterocycles. The lowest BCUT2D eigenvalue weighted by Crippen LogP contribution is -2.17. The quantitative estimate of drug-likeness (QED) is 0.167. The number of anilines is 3. The molecule has 0 spiro atoms. The van der Waals surface area contributed by atoms with Crippen LogP contribution in [0.2, 0.25) is 0 Å². The molecule has 0 amide bonds. The lowest BCUT2D eigenvalue weighted by Gasteiger charge is -2.31. The Morgan fingerprint density at radius 1 is 0.419 bits per heavy atom. The highest BCUT2D eigenvalue weighted by molar-refractivity contribution is 6.10. The molecule has 12 rings (SSSR count). The lowest BCUT2D eigenvalue weighted by molar-refractivity contribution is 0.660. The molecule has 0 unspecified atom stereocenters. The number of nitrogens with zero attached hydrogens (tertiary/aromatic N) is 3. The van der Waals surface area contributed by atoms with Crippen molar-refractivity contribution < 1.29 is 0 Å². The van der Waals surface area contributed by atoms with Crippen LogP contribution in [-0.2, 0) is 10.8 Å². The van der Waals surface area contributed by atoms with Crippen LogP contribution >= 0.6 is 0 Å². The van der Waals surface area contributed by atoms with Crippen molar-refractivity contribution >= 4 is 33.4 Å². The predicted molar refractivity (Wildman–Crippen MR) is 259 cm³/mol. The molecule has 62 heavy (non-hydrogen) atoms. The minimum absolute atomic E-state index is 0.146. The van der Waals surface area contributed by atoms with E-state index in [-0.39, 0.29) is 10.8 Å². The Hall–Kier alpha value is -7.49. The highest BCUT2D eigenvalue weighted by Crippen LogP contribution is 2.58. The highest BCUT2D eigenvalue weighted by atomic mass is 15.2. The zero-order valence-corrected chi connectivity index (χ0v) is 35.4. The summed E-state index contributed by atoms with van der Waals surface area (Å²) in [7, 11) is 0. The largest absolute Gasteiger partial charge is 0.309 e. The van der Waals surface area contributed by atoms with E-state index < -0.39 is 0 Å². The van der Waals surface area contributed by atoms with Gasteiger partial charge in [0.1, 0.15) is 5.69 Å². The van der Waals surface area contributed by atoms with Crippen LogP contribution in [0.15, 0.2) is 200 Å². The maximum atomic E-state index is 5.49. The van der Waals surface area contributed by atoms with E-state index in [9.17, 15) is 0 Å². The number of benzene rings is 8. The Kier molecular flexibility index (Phi) is 7.92. The number of fused-ring (bicyclic) bond motifs is 9. The van der Waals surface area contributed by atoms with E-state index in [0.717, 1.165) is 55.6 Å². The normalized spacial score (nSPS) is 14.1. The molecule has 0 bridgehead atoms. The third kappa shape index (κ3) is 5.21. The van der Waals surface area contributed by atoms with Gasteiger partial charge in [0.05, 0.1) is 22.6 Å². The van der Waals surface area contributed by atoms with E-state index in [0.29, 0.717) is 0 Å². The van der Waals surface area contributed by atoms with Gasteiger partial charge < -0.3 is 4.90 Å². The van der Waals surface area contributed by atoms with E-state index in [1.54, 1.807) is 0 Å². The van der Waals surface area contributed by atoms with Crippen LogP contribution in [0.25, 0.3) is 72.2 Å². The molecular weight excluding hydrogens is 751 g/mol. The number of aromatic nitrogens is 2. The van der Waals surface area contributed by atoms with Gasteiger partial charge in [0.2, 0.25) is 0 Å². The Labute approximate surface area is 363 Å². The van der Waals surface area contributed by atoms with Crippen molar-refractivity contribution in [3.8, 4) is 55.9 Å². The maximum absolute atomic E-state index is 5.49. The van der Waals surface area contributed by atoms with Crippen LogP contribution in [0, 0.1) is 0 Å². The smallest absolute Gasteiger partial charge is 0.101 e. The Bertz CT molecular complexity index is 3290. The van der Waals surface area contributed by atoms with E-state index in [2.05, 4.69) is 237 Å². The first-order valence-corrected chi connectivity index (χ1v) is 21.7. The first kappa shape index (κ1) is 36.4. The molecule has 0 saturated heterocycles. The summed E-state index contributed by atoms with van der Waals surface area (Å²) >= 11 is 0. The first-order chi connectivity index (χ1) is 30.3. The third-order valence-electron chi connectivity index (χ3n) is 13.8. The van der Waals surface area contributed by atoms with Crippen LogP contribution in [0.3, 0.4) is 0 Å². The molecule has 2 aromatic heterocycles. The van der Waals surface area contributed by atoms with Crippen molar-refractivity contribution in [2.45, 2.75) is 38.5 Å². The molecule has 3 nitrogen and oxygen atoms in total. The van der Waals surface area contributed by atoms with E-state index in [1.165, 1.54) is 55.9 Å². The SMILES string of the molecule is CC1(C)c2ccccc2-c2c(N(c3ccc4c(c3)cc(-c3ccccc3)n3nc(-c5ccccc5)c(-c5ccccc5)c43)c3cccc4c3-c3ccccc3C4(C)C)cccc21. The number of hydrogen-bond acceptors (Lipinski definition) is 2. The zero-order valence-electron chi connectivity index (χ0n) is 35.4. The number of hydrogen-bond donors (Lipinski definition) is 0. The molecule has 3 heteroatoms. The zero-order chi connectivity index (χ0) is 41.7. The van der Waals surface area contributed by atoms with Gasteiger partial charge in [-0.3, -0.25) is 0 Å². The molecule has 296 valence electrons. The second-order valence-corrected chi connectivity index (χ2v) is 18.0. The minimum atomic E-state index is -0.146. The molecule has 0 atom stereocenters. The lowest BCUT2D eigenvalue weighted by atomic mass is 9.82. The van der Waals surface area contributed by atoms with Crippen molar-refractivity contribution in [1.29, 1.82) is 0 Å². The summed E-state index contributed by atoms with van der Waals surface area (Å²) in [6, 6.07) is 73.4. The topological polar surface area (TPSA) is 20.5 Å². The summed E-state index contributed by atoms with van der Waals surface area (Å²) in [5.74, 6) is 0. The van der Waals surface area contributed by atoms with Crippen molar-refractivity contribution in [3.63, 3.8) is 0 Å². The molecular formula is C59H45N3. The van der Waals surface area contributed by atoms with Crippen molar-refractivity contribution in [1.82, 2.24) is 9.61 Å². The predicted octanol–water partition coefficient (Wildman–Crippen LogP) is 15.6. The van der Waals surface area contributed by atoms with Crippen LogP contribution in [0.5, 0.6) is 0 Å². The van der Waals surface area contributed by atoms with Crippen molar-refractivity contribution in [3.05, 3.63) is 222 Å². The molecule has 0 radical (unpaired) electrons. The average Bonchev–Trinajstić information content (AvgIpc) is 3.91. The third-order valence-corrected chi connectivity index (χ3v) is 13.8. The minimum Gasteiger partial charge on any atom is -0.309 e. The fourth-order valence-corrected chi connectivity index (χ4v) is 10.8. The van der Waals surface area contributed by atoms with Crippen molar-refractivity contribution in [2.24, 2.45) is 0 Å². The van der Waals surface area contributed by atoms with Crippen LogP contribution in [0.1, 0.15) is 49.9 Å². The molecule has 0 N–H and O–H groups in total. The van der Waals surface area contributed by atoms with Crippen LogP contribution in [0.4, 0.5) is 17.1 Å². The van der Waals surface area contributed by atoms with E-state index >= 15 is 0 Å². The summed E-state index contributed by atoms with van der Waals surface area (Å²) in [6.45, 7) is 9.49. The molecule has 10 aromatic rings.